The van der Waals surface area contributed by atoms with E-state index in [0.29, 0.717) is 0 Å². The van der Waals surface area contributed by atoms with Gasteiger partial charge in [0.2, 0.25) is 0 Å². The molecule has 2 heterocycles. The van der Waals surface area contributed by atoms with Gasteiger partial charge in [0, 0.05) is 32.7 Å². The zero-order valence-electron chi connectivity index (χ0n) is 19.2. The average molecular weight is 449 g/mol. The van der Waals surface area contributed by atoms with E-state index in [2.05, 4.69) is 64.1 Å². The van der Waals surface area contributed by atoms with Gasteiger partial charge in [0.15, 0.2) is 0 Å². The standard InChI is InChI=1S/C26H40O2S2/c1-25(2,19-27)17-7-5-9-21-11-13-23(29-21)15-16-24-14-12-22(30-24)10-6-8-18-26(3,4)20-28/h11-16,27-28H,5-10,17-20H2,1-4H3/b16-15+. The Morgan fingerprint density at radius 2 is 1.07 bits per heavy atom. The van der Waals surface area contributed by atoms with Crippen molar-refractivity contribution in [3.8, 4) is 0 Å². The summed E-state index contributed by atoms with van der Waals surface area (Å²) in [6.07, 6.45) is 13.6. The Kier molecular flexibility index (Phi) is 10.3. The second-order valence-corrected chi connectivity index (χ2v) is 12.4. The fraction of sp³-hybridized carbons (Fsp3) is 0.615. The molecule has 4 heteroatoms. The van der Waals surface area contributed by atoms with Gasteiger partial charge < -0.3 is 10.2 Å². The maximum absolute atomic E-state index is 9.35. The van der Waals surface area contributed by atoms with Crippen LogP contribution in [0.2, 0.25) is 0 Å². The van der Waals surface area contributed by atoms with Gasteiger partial charge in [-0.15, -0.1) is 22.7 Å². The third-order valence-corrected chi connectivity index (χ3v) is 7.91. The molecule has 168 valence electrons. The molecule has 0 aliphatic rings. The third kappa shape index (κ3) is 9.47. The van der Waals surface area contributed by atoms with Gasteiger partial charge in [-0.25, -0.2) is 0 Å². The summed E-state index contributed by atoms with van der Waals surface area (Å²) < 4.78 is 0. The van der Waals surface area contributed by atoms with Crippen LogP contribution in [-0.2, 0) is 12.8 Å². The Bertz CT molecular complexity index is 703. The molecule has 0 radical (unpaired) electrons. The number of thiophene rings is 2. The van der Waals surface area contributed by atoms with Crippen molar-refractivity contribution in [3.05, 3.63) is 43.8 Å². The molecule has 0 aromatic carbocycles. The first kappa shape index (κ1) is 25.3. The molecular weight excluding hydrogens is 408 g/mol. The van der Waals surface area contributed by atoms with E-state index in [9.17, 15) is 10.2 Å². The SMILES string of the molecule is CC(C)(CO)CCCCc1ccc(/C=C/c2ccc(CCCCC(C)(C)CO)s2)s1. The molecule has 2 nitrogen and oxygen atoms in total. The highest BCUT2D eigenvalue weighted by molar-refractivity contribution is 7.13. The van der Waals surface area contributed by atoms with Crippen LogP contribution < -0.4 is 0 Å². The van der Waals surface area contributed by atoms with Crippen LogP contribution in [0.25, 0.3) is 12.2 Å². The van der Waals surface area contributed by atoms with Gasteiger partial charge in [-0.3, -0.25) is 0 Å². The molecule has 0 aliphatic heterocycles. The van der Waals surface area contributed by atoms with Crippen LogP contribution in [0.3, 0.4) is 0 Å². The normalized spacial score (nSPS) is 12.9. The molecule has 2 rings (SSSR count). The van der Waals surface area contributed by atoms with Crippen molar-refractivity contribution in [2.24, 2.45) is 10.8 Å². The minimum absolute atomic E-state index is 0.0545. The minimum atomic E-state index is 0.0545. The van der Waals surface area contributed by atoms with Crippen LogP contribution in [0, 0.1) is 10.8 Å². The van der Waals surface area contributed by atoms with Crippen molar-refractivity contribution in [2.75, 3.05) is 13.2 Å². The van der Waals surface area contributed by atoms with E-state index < -0.39 is 0 Å². The summed E-state index contributed by atoms with van der Waals surface area (Å²) in [4.78, 5) is 5.55. The number of aryl methyl sites for hydroxylation is 2. The summed E-state index contributed by atoms with van der Waals surface area (Å²) in [5.41, 5.74) is 0.109. The van der Waals surface area contributed by atoms with Gasteiger partial charge in [-0.05, 0) is 85.8 Å². The zero-order chi connectivity index (χ0) is 22.0. The number of hydrogen-bond acceptors (Lipinski definition) is 4. The van der Waals surface area contributed by atoms with Crippen molar-refractivity contribution >= 4 is 34.8 Å². The van der Waals surface area contributed by atoms with E-state index in [1.54, 1.807) is 0 Å². The number of aliphatic hydroxyl groups is 2. The summed E-state index contributed by atoms with van der Waals surface area (Å²) in [7, 11) is 0. The van der Waals surface area contributed by atoms with Gasteiger partial charge in [0.05, 0.1) is 0 Å². The van der Waals surface area contributed by atoms with Crippen LogP contribution in [0.15, 0.2) is 24.3 Å². The maximum Gasteiger partial charge on any atom is 0.0482 e. The van der Waals surface area contributed by atoms with E-state index in [1.807, 2.05) is 22.7 Å². The molecule has 30 heavy (non-hydrogen) atoms. The molecule has 0 saturated carbocycles. The van der Waals surface area contributed by atoms with Crippen LogP contribution in [0.4, 0.5) is 0 Å². The van der Waals surface area contributed by atoms with E-state index in [4.69, 9.17) is 0 Å². The molecule has 0 amide bonds. The summed E-state index contributed by atoms with van der Waals surface area (Å²) in [5.74, 6) is 0. The smallest absolute Gasteiger partial charge is 0.0482 e. The van der Waals surface area contributed by atoms with E-state index in [-0.39, 0.29) is 24.0 Å². The highest BCUT2D eigenvalue weighted by Crippen LogP contribution is 2.27. The number of rotatable bonds is 14. The Morgan fingerprint density at radius 3 is 1.43 bits per heavy atom. The highest BCUT2D eigenvalue weighted by atomic mass is 32.1. The Hall–Kier alpha value is -0.940. The van der Waals surface area contributed by atoms with Gasteiger partial charge in [-0.1, -0.05) is 40.5 Å². The molecule has 2 aromatic rings. The quantitative estimate of drug-likeness (QED) is 0.295. The van der Waals surface area contributed by atoms with Gasteiger partial charge >= 0.3 is 0 Å². The number of hydrogen-bond donors (Lipinski definition) is 2. The first-order valence-electron chi connectivity index (χ1n) is 11.3. The number of aliphatic hydroxyl groups excluding tert-OH is 2. The van der Waals surface area contributed by atoms with Crippen molar-refractivity contribution < 1.29 is 10.2 Å². The second kappa shape index (κ2) is 12.2. The molecular formula is C26H40O2S2. The van der Waals surface area contributed by atoms with Crippen molar-refractivity contribution in [3.63, 3.8) is 0 Å². The largest absolute Gasteiger partial charge is 0.396 e. The van der Waals surface area contributed by atoms with Crippen LogP contribution >= 0.6 is 22.7 Å². The van der Waals surface area contributed by atoms with Gasteiger partial charge in [-0.2, -0.15) is 0 Å². The Balaban J connectivity index is 1.72. The van der Waals surface area contributed by atoms with Gasteiger partial charge in [0.25, 0.3) is 0 Å². The molecule has 2 aromatic heterocycles. The van der Waals surface area contributed by atoms with Crippen molar-refractivity contribution in [1.82, 2.24) is 0 Å². The molecule has 0 fully saturated rings. The Labute approximate surface area is 191 Å². The lowest BCUT2D eigenvalue weighted by atomic mass is 9.88. The lowest BCUT2D eigenvalue weighted by Crippen LogP contribution is -2.16. The van der Waals surface area contributed by atoms with E-state index in [1.165, 1.54) is 45.2 Å². The fourth-order valence-electron chi connectivity index (χ4n) is 3.36. The zero-order valence-corrected chi connectivity index (χ0v) is 20.9. The molecule has 0 spiro atoms. The van der Waals surface area contributed by atoms with Crippen molar-refractivity contribution in [1.29, 1.82) is 0 Å². The lowest BCUT2D eigenvalue weighted by molar-refractivity contribution is 0.147. The third-order valence-electron chi connectivity index (χ3n) is 5.69. The predicted octanol–water partition coefficient (Wildman–Crippen LogP) is 7.44. The summed E-state index contributed by atoms with van der Waals surface area (Å²) in [6.45, 7) is 9.08. The molecule has 2 N–H and O–H groups in total. The van der Waals surface area contributed by atoms with Crippen LogP contribution in [-0.4, -0.2) is 23.4 Å². The lowest BCUT2D eigenvalue weighted by Gasteiger charge is -2.20. The van der Waals surface area contributed by atoms with Crippen LogP contribution in [0.1, 0.15) is 85.7 Å². The molecule has 0 unspecified atom stereocenters. The maximum atomic E-state index is 9.35. The van der Waals surface area contributed by atoms with Crippen molar-refractivity contribution in [2.45, 2.75) is 79.1 Å². The fourth-order valence-corrected chi connectivity index (χ4v) is 5.28. The summed E-state index contributed by atoms with van der Waals surface area (Å²) >= 11 is 3.78. The summed E-state index contributed by atoms with van der Waals surface area (Å²) in [6, 6.07) is 8.97. The first-order chi connectivity index (χ1) is 14.2. The molecule has 0 atom stereocenters. The van der Waals surface area contributed by atoms with Gasteiger partial charge in [0.1, 0.15) is 0 Å². The Morgan fingerprint density at radius 1 is 0.667 bits per heavy atom. The molecule has 0 aliphatic carbocycles. The van der Waals surface area contributed by atoms with E-state index >= 15 is 0 Å². The topological polar surface area (TPSA) is 40.5 Å². The predicted molar refractivity (Wildman–Crippen MR) is 134 cm³/mol. The molecule has 0 bridgehead atoms. The number of unbranched alkanes of at least 4 members (excludes halogenated alkanes) is 2. The molecule has 0 saturated heterocycles. The van der Waals surface area contributed by atoms with E-state index in [0.717, 1.165) is 25.7 Å². The average Bonchev–Trinajstić information content (AvgIpc) is 3.36. The second-order valence-electron chi connectivity index (χ2n) is 10.0. The summed E-state index contributed by atoms with van der Waals surface area (Å²) in [5, 5.41) is 18.7. The first-order valence-corrected chi connectivity index (χ1v) is 12.9. The minimum Gasteiger partial charge on any atom is -0.396 e. The highest BCUT2D eigenvalue weighted by Gasteiger charge is 2.16. The van der Waals surface area contributed by atoms with Crippen LogP contribution in [0.5, 0.6) is 0 Å². The monoisotopic (exact) mass is 448 g/mol.